The van der Waals surface area contributed by atoms with Crippen molar-refractivity contribution >= 4 is 29.3 Å². The SMILES string of the molecule is CC1Sc2ccc(C(=O)NCC3CN(Cc4ccccc4)CCO3)cc2NC1=O. The quantitative estimate of drug-likeness (QED) is 0.792. The van der Waals surface area contributed by atoms with E-state index in [0.717, 1.165) is 24.5 Å². The molecule has 0 spiro atoms. The molecule has 0 radical (unpaired) electrons. The molecule has 2 amide bonds. The van der Waals surface area contributed by atoms with Gasteiger partial charge in [-0.25, -0.2) is 0 Å². The number of anilines is 1. The Morgan fingerprint density at radius 3 is 2.93 bits per heavy atom. The van der Waals surface area contributed by atoms with Crippen LogP contribution in [0.2, 0.25) is 0 Å². The fraction of sp³-hybridized carbons (Fsp3) is 0.364. The Bertz CT molecular complexity index is 890. The maximum absolute atomic E-state index is 12.6. The van der Waals surface area contributed by atoms with E-state index in [2.05, 4.69) is 27.7 Å². The first-order chi connectivity index (χ1) is 14.1. The molecule has 2 unspecified atom stereocenters. The Hall–Kier alpha value is -2.35. The van der Waals surface area contributed by atoms with E-state index in [1.807, 2.05) is 31.2 Å². The number of nitrogens with zero attached hydrogens (tertiary/aromatic N) is 1. The van der Waals surface area contributed by atoms with Crippen LogP contribution in [0.3, 0.4) is 0 Å². The summed E-state index contributed by atoms with van der Waals surface area (Å²) >= 11 is 1.51. The molecule has 2 aliphatic rings. The number of amides is 2. The number of carbonyl (C=O) groups excluding carboxylic acids is 2. The first-order valence-corrected chi connectivity index (χ1v) is 10.7. The van der Waals surface area contributed by atoms with E-state index in [9.17, 15) is 9.59 Å². The summed E-state index contributed by atoms with van der Waals surface area (Å²) in [5.41, 5.74) is 2.52. The minimum absolute atomic E-state index is 0.0332. The van der Waals surface area contributed by atoms with Crippen LogP contribution in [0, 0.1) is 0 Å². The van der Waals surface area contributed by atoms with Gasteiger partial charge in [0, 0.05) is 36.6 Å². The van der Waals surface area contributed by atoms with E-state index in [1.165, 1.54) is 17.3 Å². The number of ether oxygens (including phenoxy) is 1. The van der Waals surface area contributed by atoms with Crippen molar-refractivity contribution in [2.45, 2.75) is 29.7 Å². The molecule has 2 aliphatic heterocycles. The van der Waals surface area contributed by atoms with Gasteiger partial charge in [0.15, 0.2) is 0 Å². The highest BCUT2D eigenvalue weighted by atomic mass is 32.2. The van der Waals surface area contributed by atoms with E-state index < -0.39 is 0 Å². The molecule has 7 heteroatoms. The topological polar surface area (TPSA) is 70.7 Å². The Labute approximate surface area is 175 Å². The number of thioether (sulfide) groups is 1. The number of hydrogen-bond acceptors (Lipinski definition) is 5. The van der Waals surface area contributed by atoms with Gasteiger partial charge in [0.2, 0.25) is 5.91 Å². The smallest absolute Gasteiger partial charge is 0.251 e. The predicted molar refractivity (Wildman–Crippen MR) is 114 cm³/mol. The lowest BCUT2D eigenvalue weighted by Gasteiger charge is -2.33. The van der Waals surface area contributed by atoms with Crippen LogP contribution in [0.5, 0.6) is 0 Å². The molecule has 0 saturated carbocycles. The number of fused-ring (bicyclic) bond motifs is 1. The Balaban J connectivity index is 1.31. The number of nitrogens with one attached hydrogen (secondary N) is 2. The summed E-state index contributed by atoms with van der Waals surface area (Å²) in [6, 6.07) is 15.8. The van der Waals surface area contributed by atoms with Crippen LogP contribution in [-0.4, -0.2) is 54.3 Å². The molecule has 0 bridgehead atoms. The van der Waals surface area contributed by atoms with Crippen LogP contribution >= 0.6 is 11.8 Å². The zero-order valence-corrected chi connectivity index (χ0v) is 17.2. The molecule has 1 saturated heterocycles. The number of morpholine rings is 1. The zero-order chi connectivity index (χ0) is 20.2. The molecule has 2 heterocycles. The summed E-state index contributed by atoms with van der Waals surface area (Å²) in [5, 5.41) is 5.72. The van der Waals surface area contributed by atoms with Gasteiger partial charge in [0.1, 0.15) is 0 Å². The number of hydrogen-bond donors (Lipinski definition) is 2. The Kier molecular flexibility index (Phi) is 6.18. The van der Waals surface area contributed by atoms with E-state index >= 15 is 0 Å². The Morgan fingerprint density at radius 2 is 2.10 bits per heavy atom. The average molecular weight is 412 g/mol. The van der Waals surface area contributed by atoms with E-state index in [0.29, 0.717) is 24.4 Å². The van der Waals surface area contributed by atoms with Crippen LogP contribution in [0.15, 0.2) is 53.4 Å². The van der Waals surface area contributed by atoms with Crippen molar-refractivity contribution in [3.63, 3.8) is 0 Å². The van der Waals surface area contributed by atoms with Crippen LogP contribution in [0.4, 0.5) is 5.69 Å². The monoisotopic (exact) mass is 411 g/mol. The van der Waals surface area contributed by atoms with Crippen molar-refractivity contribution < 1.29 is 14.3 Å². The molecule has 1 fully saturated rings. The molecule has 2 aromatic carbocycles. The predicted octanol–water partition coefficient (Wildman–Crippen LogP) is 2.75. The molecular weight excluding hydrogens is 386 g/mol. The molecule has 0 aliphatic carbocycles. The molecule has 2 aromatic rings. The van der Waals surface area contributed by atoms with Gasteiger partial charge < -0.3 is 15.4 Å². The van der Waals surface area contributed by atoms with E-state index in [4.69, 9.17) is 4.74 Å². The number of rotatable bonds is 5. The van der Waals surface area contributed by atoms with Crippen molar-refractivity contribution in [2.24, 2.45) is 0 Å². The first kappa shape index (κ1) is 19.9. The largest absolute Gasteiger partial charge is 0.374 e. The molecule has 2 atom stereocenters. The van der Waals surface area contributed by atoms with Gasteiger partial charge in [-0.3, -0.25) is 14.5 Å². The van der Waals surface area contributed by atoms with Crippen LogP contribution in [0.1, 0.15) is 22.8 Å². The fourth-order valence-corrected chi connectivity index (χ4v) is 4.48. The molecule has 6 nitrogen and oxygen atoms in total. The van der Waals surface area contributed by atoms with Gasteiger partial charge in [-0.1, -0.05) is 30.3 Å². The highest BCUT2D eigenvalue weighted by Crippen LogP contribution is 2.35. The minimum atomic E-state index is -0.158. The maximum Gasteiger partial charge on any atom is 0.251 e. The Morgan fingerprint density at radius 1 is 1.28 bits per heavy atom. The van der Waals surface area contributed by atoms with Gasteiger partial charge in [-0.2, -0.15) is 0 Å². The van der Waals surface area contributed by atoms with Crippen LogP contribution in [-0.2, 0) is 16.1 Å². The molecule has 2 N–H and O–H groups in total. The number of carbonyl (C=O) groups is 2. The highest BCUT2D eigenvalue weighted by Gasteiger charge is 2.24. The van der Waals surface area contributed by atoms with Gasteiger partial charge in [-0.15, -0.1) is 11.8 Å². The highest BCUT2D eigenvalue weighted by molar-refractivity contribution is 8.00. The van der Waals surface area contributed by atoms with Crippen molar-refractivity contribution in [3.8, 4) is 0 Å². The minimum Gasteiger partial charge on any atom is -0.374 e. The first-order valence-electron chi connectivity index (χ1n) is 9.86. The van der Waals surface area contributed by atoms with Crippen molar-refractivity contribution in [2.75, 3.05) is 31.6 Å². The fourth-order valence-electron chi connectivity index (χ4n) is 3.55. The third-order valence-corrected chi connectivity index (χ3v) is 6.31. The lowest BCUT2D eigenvalue weighted by molar-refractivity contribution is -0.115. The van der Waals surface area contributed by atoms with Crippen molar-refractivity contribution in [1.82, 2.24) is 10.2 Å². The lowest BCUT2D eigenvalue weighted by atomic mass is 10.1. The van der Waals surface area contributed by atoms with E-state index in [1.54, 1.807) is 12.1 Å². The summed E-state index contributed by atoms with van der Waals surface area (Å²) in [7, 11) is 0. The van der Waals surface area contributed by atoms with Crippen molar-refractivity contribution in [3.05, 3.63) is 59.7 Å². The summed E-state index contributed by atoms with van der Waals surface area (Å²) < 4.78 is 5.83. The van der Waals surface area contributed by atoms with E-state index in [-0.39, 0.29) is 23.2 Å². The standard InChI is InChI=1S/C22H25N3O3S/c1-15-21(26)24-19-11-17(7-8-20(19)29-15)22(27)23-12-18-14-25(9-10-28-18)13-16-5-3-2-4-6-16/h2-8,11,15,18H,9-10,12-14H2,1H3,(H,23,27)(H,24,26). The third kappa shape index (κ3) is 4.98. The van der Waals surface area contributed by atoms with Crippen molar-refractivity contribution in [1.29, 1.82) is 0 Å². The van der Waals surface area contributed by atoms with Crippen LogP contribution < -0.4 is 10.6 Å². The van der Waals surface area contributed by atoms with Crippen LogP contribution in [0.25, 0.3) is 0 Å². The second kappa shape index (κ2) is 8.98. The lowest BCUT2D eigenvalue weighted by Crippen LogP contribution is -2.47. The summed E-state index contributed by atoms with van der Waals surface area (Å²) in [6.45, 7) is 5.54. The molecule has 4 rings (SSSR count). The van der Waals surface area contributed by atoms with Gasteiger partial charge in [0.25, 0.3) is 5.91 Å². The zero-order valence-electron chi connectivity index (χ0n) is 16.4. The van der Waals surface area contributed by atoms with Gasteiger partial charge in [0.05, 0.1) is 23.6 Å². The van der Waals surface area contributed by atoms with Gasteiger partial charge >= 0.3 is 0 Å². The third-order valence-electron chi connectivity index (χ3n) is 5.13. The van der Waals surface area contributed by atoms with Gasteiger partial charge in [-0.05, 0) is 30.7 Å². The molecule has 29 heavy (non-hydrogen) atoms. The normalized spacial score (nSPS) is 21.9. The summed E-state index contributed by atoms with van der Waals surface area (Å²) in [4.78, 5) is 27.8. The second-order valence-electron chi connectivity index (χ2n) is 7.38. The average Bonchev–Trinajstić information content (AvgIpc) is 2.73. The molecule has 152 valence electrons. The molecular formula is C22H25N3O3S. The summed E-state index contributed by atoms with van der Waals surface area (Å²) in [6.07, 6.45) is -0.0369. The second-order valence-corrected chi connectivity index (χ2v) is 8.77. The maximum atomic E-state index is 12.6. The number of benzene rings is 2. The molecule has 0 aromatic heterocycles. The summed E-state index contributed by atoms with van der Waals surface area (Å²) in [5.74, 6) is -0.191.